The number of aromatic nitrogens is 2. The van der Waals surface area contributed by atoms with Crippen molar-refractivity contribution in [2.24, 2.45) is 0 Å². The summed E-state index contributed by atoms with van der Waals surface area (Å²) < 4.78 is 10.9. The zero-order chi connectivity index (χ0) is 24.4. The van der Waals surface area contributed by atoms with Crippen molar-refractivity contribution >= 4 is 23.0 Å². The van der Waals surface area contributed by atoms with Gasteiger partial charge in [-0.3, -0.25) is 15.0 Å². The molecule has 1 fully saturated rings. The van der Waals surface area contributed by atoms with Gasteiger partial charge in [-0.1, -0.05) is 32.0 Å². The molecule has 2 aliphatic heterocycles. The molecule has 0 spiro atoms. The minimum absolute atomic E-state index is 0.107. The van der Waals surface area contributed by atoms with Gasteiger partial charge in [0, 0.05) is 38.4 Å². The molecular weight excluding hydrogens is 448 g/mol. The number of fused-ring (bicyclic) bond motifs is 1. The van der Waals surface area contributed by atoms with Gasteiger partial charge < -0.3 is 19.7 Å². The molecular formula is C25H28N6O4. The third-order valence-corrected chi connectivity index (χ3v) is 6.34. The van der Waals surface area contributed by atoms with Gasteiger partial charge in [0.25, 0.3) is 0 Å². The monoisotopic (exact) mass is 476 g/mol. The predicted molar refractivity (Wildman–Crippen MR) is 133 cm³/mol. The van der Waals surface area contributed by atoms with Crippen molar-refractivity contribution < 1.29 is 14.4 Å². The summed E-state index contributed by atoms with van der Waals surface area (Å²) in [4.78, 5) is 24.4. The van der Waals surface area contributed by atoms with E-state index in [4.69, 9.17) is 9.47 Å². The molecule has 0 aliphatic carbocycles. The van der Waals surface area contributed by atoms with E-state index in [9.17, 15) is 10.1 Å². The second-order valence-corrected chi connectivity index (χ2v) is 9.00. The van der Waals surface area contributed by atoms with Crippen molar-refractivity contribution in [2.75, 3.05) is 43.2 Å². The molecule has 3 heterocycles. The summed E-state index contributed by atoms with van der Waals surface area (Å²) in [5.74, 6) is 2.49. The lowest BCUT2D eigenvalue weighted by Gasteiger charge is -2.35. The van der Waals surface area contributed by atoms with Gasteiger partial charge in [-0.15, -0.1) is 0 Å². The number of nitrogens with one attached hydrogen (secondary N) is 1. The van der Waals surface area contributed by atoms with Crippen LogP contribution in [0.5, 0.6) is 11.5 Å². The van der Waals surface area contributed by atoms with Crippen LogP contribution in [0.25, 0.3) is 0 Å². The van der Waals surface area contributed by atoms with Gasteiger partial charge in [0.1, 0.15) is 6.33 Å². The summed E-state index contributed by atoms with van der Waals surface area (Å²) in [6.45, 7) is 8.06. The van der Waals surface area contributed by atoms with E-state index in [2.05, 4.69) is 34.0 Å². The summed E-state index contributed by atoms with van der Waals surface area (Å²) >= 11 is 0. The van der Waals surface area contributed by atoms with E-state index in [1.165, 1.54) is 11.9 Å². The summed E-state index contributed by atoms with van der Waals surface area (Å²) in [6.07, 6.45) is 1.38. The first-order chi connectivity index (χ1) is 17.0. The normalized spacial score (nSPS) is 15.5. The zero-order valence-electron chi connectivity index (χ0n) is 19.8. The van der Waals surface area contributed by atoms with Crippen LogP contribution >= 0.6 is 0 Å². The molecule has 10 nitrogen and oxygen atoms in total. The number of hydrogen-bond acceptors (Lipinski definition) is 9. The average molecular weight is 477 g/mol. The Kier molecular flexibility index (Phi) is 6.37. The Hall–Kier alpha value is -3.92. The van der Waals surface area contributed by atoms with E-state index >= 15 is 0 Å². The average Bonchev–Trinajstić information content (AvgIpc) is 3.32. The summed E-state index contributed by atoms with van der Waals surface area (Å²) in [5, 5.41) is 15.2. The van der Waals surface area contributed by atoms with Crippen molar-refractivity contribution in [2.45, 2.75) is 26.3 Å². The quantitative estimate of drug-likeness (QED) is 0.394. The molecule has 182 valence electrons. The molecule has 1 saturated heterocycles. The number of ether oxygens (including phenoxy) is 2. The Balaban J connectivity index is 1.28. The van der Waals surface area contributed by atoms with E-state index in [1.54, 1.807) is 0 Å². The fourth-order valence-corrected chi connectivity index (χ4v) is 4.36. The first kappa shape index (κ1) is 22.9. The van der Waals surface area contributed by atoms with Crippen LogP contribution in [0.3, 0.4) is 0 Å². The van der Waals surface area contributed by atoms with Gasteiger partial charge in [0.15, 0.2) is 11.5 Å². The van der Waals surface area contributed by atoms with Crippen LogP contribution in [0.15, 0.2) is 48.8 Å². The third kappa shape index (κ3) is 4.97. The standard InChI is InChI=1S/C25H28N6O4/c1-17(2)19-4-6-20(7-5-19)28-24-23(31(32)33)25(27-15-26-24)30-11-9-29(10-12-30)14-18-3-8-21-22(13-18)35-16-34-21/h3-8,13,15,17H,9-12,14,16H2,1-2H3,(H,26,27,28). The van der Waals surface area contributed by atoms with Gasteiger partial charge >= 0.3 is 5.69 Å². The van der Waals surface area contributed by atoms with E-state index in [-0.39, 0.29) is 18.3 Å². The maximum absolute atomic E-state index is 12.0. The van der Waals surface area contributed by atoms with Crippen molar-refractivity contribution in [3.8, 4) is 11.5 Å². The highest BCUT2D eigenvalue weighted by molar-refractivity contribution is 5.74. The maximum Gasteiger partial charge on any atom is 0.353 e. The van der Waals surface area contributed by atoms with Crippen molar-refractivity contribution in [3.63, 3.8) is 0 Å². The van der Waals surface area contributed by atoms with Crippen molar-refractivity contribution in [3.05, 3.63) is 70.0 Å². The molecule has 10 heteroatoms. The largest absolute Gasteiger partial charge is 0.454 e. The second kappa shape index (κ2) is 9.75. The molecule has 2 aliphatic rings. The number of benzene rings is 2. The van der Waals surface area contributed by atoms with E-state index in [1.807, 2.05) is 47.4 Å². The Bertz CT molecular complexity index is 1210. The topological polar surface area (TPSA) is 106 Å². The van der Waals surface area contributed by atoms with E-state index in [0.717, 1.165) is 42.4 Å². The maximum atomic E-state index is 12.0. The zero-order valence-corrected chi connectivity index (χ0v) is 19.8. The lowest BCUT2D eigenvalue weighted by Crippen LogP contribution is -2.46. The molecule has 1 aromatic heterocycles. The van der Waals surface area contributed by atoms with E-state index in [0.29, 0.717) is 24.8 Å². The van der Waals surface area contributed by atoms with Crippen LogP contribution in [-0.4, -0.2) is 52.8 Å². The Morgan fingerprint density at radius 2 is 1.77 bits per heavy atom. The van der Waals surface area contributed by atoms with Crippen LogP contribution in [-0.2, 0) is 6.54 Å². The smallest absolute Gasteiger partial charge is 0.353 e. The highest BCUT2D eigenvalue weighted by Gasteiger charge is 2.29. The van der Waals surface area contributed by atoms with Crippen LogP contribution in [0.2, 0.25) is 0 Å². The van der Waals surface area contributed by atoms with Gasteiger partial charge in [-0.25, -0.2) is 9.97 Å². The molecule has 35 heavy (non-hydrogen) atoms. The number of piperazine rings is 1. The van der Waals surface area contributed by atoms with Gasteiger partial charge in [-0.2, -0.15) is 0 Å². The fourth-order valence-electron chi connectivity index (χ4n) is 4.36. The summed E-state index contributed by atoms with van der Waals surface area (Å²) in [7, 11) is 0. The fraction of sp³-hybridized carbons (Fsp3) is 0.360. The van der Waals surface area contributed by atoms with E-state index < -0.39 is 4.92 Å². The van der Waals surface area contributed by atoms with Crippen molar-refractivity contribution in [1.29, 1.82) is 0 Å². The van der Waals surface area contributed by atoms with Crippen LogP contribution in [0.4, 0.5) is 23.0 Å². The molecule has 0 radical (unpaired) electrons. The highest BCUT2D eigenvalue weighted by atomic mass is 16.7. The molecule has 0 saturated carbocycles. The van der Waals surface area contributed by atoms with Gasteiger partial charge in [0.2, 0.25) is 18.4 Å². The van der Waals surface area contributed by atoms with Crippen molar-refractivity contribution in [1.82, 2.24) is 14.9 Å². The molecule has 5 rings (SSSR count). The molecule has 0 bridgehead atoms. The molecule has 2 aromatic carbocycles. The summed E-state index contributed by atoms with van der Waals surface area (Å²) in [6, 6.07) is 13.8. The molecule has 0 unspecified atom stereocenters. The van der Waals surface area contributed by atoms with Crippen LogP contribution < -0.4 is 19.7 Å². The second-order valence-electron chi connectivity index (χ2n) is 9.00. The Labute approximate surface area is 203 Å². The minimum Gasteiger partial charge on any atom is -0.454 e. The Morgan fingerprint density at radius 1 is 1.03 bits per heavy atom. The number of nitrogens with zero attached hydrogens (tertiary/aromatic N) is 5. The van der Waals surface area contributed by atoms with Gasteiger partial charge in [0.05, 0.1) is 4.92 Å². The highest BCUT2D eigenvalue weighted by Crippen LogP contribution is 2.35. The first-order valence-electron chi connectivity index (χ1n) is 11.7. The lowest BCUT2D eigenvalue weighted by atomic mass is 10.0. The van der Waals surface area contributed by atoms with Gasteiger partial charge in [-0.05, 0) is 41.3 Å². The molecule has 0 amide bonds. The van der Waals surface area contributed by atoms with Crippen LogP contribution in [0.1, 0.15) is 30.9 Å². The number of rotatable bonds is 7. The third-order valence-electron chi connectivity index (χ3n) is 6.34. The Morgan fingerprint density at radius 3 is 2.49 bits per heavy atom. The van der Waals surface area contributed by atoms with Crippen LogP contribution in [0, 0.1) is 10.1 Å². The lowest BCUT2D eigenvalue weighted by molar-refractivity contribution is -0.383. The predicted octanol–water partition coefficient (Wildman–Crippen LogP) is 4.30. The first-order valence-corrected chi connectivity index (χ1v) is 11.7. The molecule has 1 N–H and O–H groups in total. The number of anilines is 3. The molecule has 3 aromatic rings. The summed E-state index contributed by atoms with van der Waals surface area (Å²) in [5.41, 5.74) is 2.98. The SMILES string of the molecule is CC(C)c1ccc(Nc2ncnc(N3CCN(Cc4ccc5c(c4)OCO5)CC3)c2[N+](=O)[O-])cc1. The number of hydrogen-bond donors (Lipinski definition) is 1. The molecule has 0 atom stereocenters. The number of nitro groups is 1. The minimum atomic E-state index is -0.404.